The lowest BCUT2D eigenvalue weighted by Gasteiger charge is -2.18. The number of nitrogens with zero attached hydrogens (tertiary/aromatic N) is 2. The van der Waals surface area contributed by atoms with Crippen molar-refractivity contribution in [2.75, 3.05) is 0 Å². The molecule has 1 fully saturated rings. The van der Waals surface area contributed by atoms with Gasteiger partial charge in [0.15, 0.2) is 0 Å². The largest absolute Gasteiger partial charge is 0.486 e. The third-order valence-corrected chi connectivity index (χ3v) is 7.28. The van der Waals surface area contributed by atoms with Crippen molar-refractivity contribution < 1.29 is 32.2 Å². The van der Waals surface area contributed by atoms with E-state index in [2.05, 4.69) is 10.3 Å². The quantitative estimate of drug-likeness (QED) is 0.298. The maximum absolute atomic E-state index is 12.8. The standard InChI is InChI=1S/C27H22F3N3O4S/c1-26(24(34)32-25(35)38-26)14-16-3-7-18(8-4-16)36-15-23-31-21-12-11-20(13-22(21)33(23)2)37-19-9-5-17(6-10-19)27(28,29)30/h3-13H,14-15H2,1-2H3,(H,32,34,35)/t26-/m1/s1. The number of aryl methyl sites for hydroxylation is 1. The van der Waals surface area contributed by atoms with Crippen molar-refractivity contribution in [1.29, 1.82) is 0 Å². The molecule has 2 heterocycles. The van der Waals surface area contributed by atoms with Crippen LogP contribution in [0, 0.1) is 0 Å². The molecule has 0 unspecified atom stereocenters. The predicted molar refractivity (Wildman–Crippen MR) is 136 cm³/mol. The van der Waals surface area contributed by atoms with Crippen LogP contribution in [0.5, 0.6) is 17.2 Å². The summed E-state index contributed by atoms with van der Waals surface area (Å²) in [7, 11) is 1.84. The Morgan fingerprint density at radius 3 is 2.26 bits per heavy atom. The normalized spacial score (nSPS) is 17.6. The second kappa shape index (κ2) is 9.71. The first kappa shape index (κ1) is 25.7. The van der Waals surface area contributed by atoms with Gasteiger partial charge in [-0.25, -0.2) is 4.98 Å². The van der Waals surface area contributed by atoms with E-state index in [1.165, 1.54) is 12.1 Å². The number of nitrogens with one attached hydrogen (secondary N) is 1. The highest BCUT2D eigenvalue weighted by atomic mass is 32.2. The number of rotatable bonds is 7. The molecule has 1 atom stereocenters. The summed E-state index contributed by atoms with van der Waals surface area (Å²) in [4.78, 5) is 28.2. The number of amides is 2. The van der Waals surface area contributed by atoms with Crippen molar-refractivity contribution >= 4 is 33.9 Å². The molecule has 4 aromatic rings. The number of imide groups is 1. The van der Waals surface area contributed by atoms with Crippen LogP contribution < -0.4 is 14.8 Å². The van der Waals surface area contributed by atoms with Gasteiger partial charge in [-0.1, -0.05) is 12.1 Å². The first-order chi connectivity index (χ1) is 18.0. The van der Waals surface area contributed by atoms with E-state index in [-0.39, 0.29) is 17.8 Å². The number of ether oxygens (including phenoxy) is 2. The van der Waals surface area contributed by atoms with Crippen LogP contribution in [0.15, 0.2) is 66.7 Å². The first-order valence-corrected chi connectivity index (χ1v) is 12.4. The van der Waals surface area contributed by atoms with Crippen molar-refractivity contribution in [3.8, 4) is 17.2 Å². The summed E-state index contributed by atoms with van der Waals surface area (Å²) in [6, 6.07) is 17.1. The van der Waals surface area contributed by atoms with Crippen molar-refractivity contribution in [1.82, 2.24) is 14.9 Å². The van der Waals surface area contributed by atoms with Crippen molar-refractivity contribution in [2.24, 2.45) is 7.05 Å². The monoisotopic (exact) mass is 541 g/mol. The van der Waals surface area contributed by atoms with Crippen LogP contribution in [0.1, 0.15) is 23.9 Å². The van der Waals surface area contributed by atoms with E-state index in [0.717, 1.165) is 40.5 Å². The van der Waals surface area contributed by atoms with Crippen LogP contribution >= 0.6 is 11.8 Å². The van der Waals surface area contributed by atoms with E-state index >= 15 is 0 Å². The fraction of sp³-hybridized carbons (Fsp3) is 0.222. The predicted octanol–water partition coefficient (Wildman–Crippen LogP) is 6.25. The summed E-state index contributed by atoms with van der Waals surface area (Å²) >= 11 is 0.997. The number of thioether (sulfide) groups is 1. The SMILES string of the molecule is Cn1c(COc2ccc(C[C@@]3(C)SC(=O)NC3=O)cc2)nc2ccc(Oc3ccc(C(F)(F)F)cc3)cc21. The summed E-state index contributed by atoms with van der Waals surface area (Å²) in [6.45, 7) is 1.94. The van der Waals surface area contributed by atoms with E-state index < -0.39 is 16.5 Å². The molecule has 0 aliphatic carbocycles. The van der Waals surface area contributed by atoms with Crippen LogP contribution in [0.4, 0.5) is 18.0 Å². The van der Waals surface area contributed by atoms with Gasteiger partial charge in [0.05, 0.1) is 16.6 Å². The minimum atomic E-state index is -4.40. The summed E-state index contributed by atoms with van der Waals surface area (Å²) in [5, 5.41) is 1.99. The number of alkyl halides is 3. The van der Waals surface area contributed by atoms with Crippen molar-refractivity contribution in [3.05, 3.63) is 83.7 Å². The van der Waals surface area contributed by atoms with Crippen LogP contribution in [0.25, 0.3) is 11.0 Å². The Balaban J connectivity index is 1.24. The van der Waals surface area contributed by atoms with Gasteiger partial charge < -0.3 is 14.0 Å². The zero-order chi connectivity index (χ0) is 27.1. The van der Waals surface area contributed by atoms with Gasteiger partial charge in [0, 0.05) is 13.1 Å². The number of halogens is 3. The Labute approximate surface area is 219 Å². The molecule has 38 heavy (non-hydrogen) atoms. The Bertz CT molecular complexity index is 1520. The minimum Gasteiger partial charge on any atom is -0.486 e. The number of hydrogen-bond donors (Lipinski definition) is 1. The summed E-state index contributed by atoms with van der Waals surface area (Å²) in [6.07, 6.45) is -3.99. The maximum Gasteiger partial charge on any atom is 0.416 e. The summed E-state index contributed by atoms with van der Waals surface area (Å²) in [5.41, 5.74) is 1.66. The molecule has 1 aliphatic heterocycles. The highest BCUT2D eigenvalue weighted by Gasteiger charge is 2.43. The zero-order valence-electron chi connectivity index (χ0n) is 20.3. The molecule has 1 aromatic heterocycles. The van der Waals surface area contributed by atoms with Gasteiger partial charge in [-0.2, -0.15) is 13.2 Å². The van der Waals surface area contributed by atoms with Crippen LogP contribution in [0.2, 0.25) is 0 Å². The lowest BCUT2D eigenvalue weighted by atomic mass is 9.99. The van der Waals surface area contributed by atoms with E-state index in [1.54, 1.807) is 37.3 Å². The number of fused-ring (bicyclic) bond motifs is 1. The molecule has 1 saturated heterocycles. The van der Waals surface area contributed by atoms with Gasteiger partial charge >= 0.3 is 6.18 Å². The number of imidazole rings is 1. The van der Waals surface area contributed by atoms with E-state index in [4.69, 9.17) is 9.47 Å². The highest BCUT2D eigenvalue weighted by molar-refractivity contribution is 8.16. The summed E-state index contributed by atoms with van der Waals surface area (Å²) in [5.74, 6) is 1.76. The average molecular weight is 542 g/mol. The molecule has 11 heteroatoms. The third-order valence-electron chi connectivity index (χ3n) is 6.21. The van der Waals surface area contributed by atoms with Crippen molar-refractivity contribution in [3.63, 3.8) is 0 Å². The Morgan fingerprint density at radius 1 is 0.974 bits per heavy atom. The minimum absolute atomic E-state index is 0.199. The molecular weight excluding hydrogens is 519 g/mol. The number of carbonyl (C=O) groups excluding carboxylic acids is 2. The van der Waals surface area contributed by atoms with Crippen LogP contribution in [-0.4, -0.2) is 25.4 Å². The number of hydrogen-bond acceptors (Lipinski definition) is 6. The zero-order valence-corrected chi connectivity index (χ0v) is 21.2. The molecule has 0 saturated carbocycles. The van der Waals surface area contributed by atoms with Crippen molar-refractivity contribution in [2.45, 2.75) is 30.9 Å². The molecule has 0 spiro atoms. The van der Waals surface area contributed by atoms with Gasteiger partial charge in [0.2, 0.25) is 5.91 Å². The molecule has 7 nitrogen and oxygen atoms in total. The second-order valence-corrected chi connectivity index (χ2v) is 10.5. The maximum atomic E-state index is 12.8. The highest BCUT2D eigenvalue weighted by Crippen LogP contribution is 2.35. The fourth-order valence-corrected chi connectivity index (χ4v) is 5.05. The smallest absolute Gasteiger partial charge is 0.416 e. The van der Waals surface area contributed by atoms with Gasteiger partial charge in [-0.15, -0.1) is 0 Å². The second-order valence-electron chi connectivity index (χ2n) is 9.05. The van der Waals surface area contributed by atoms with Gasteiger partial charge in [0.1, 0.15) is 34.4 Å². The van der Waals surface area contributed by atoms with Crippen LogP contribution in [0.3, 0.4) is 0 Å². The van der Waals surface area contributed by atoms with E-state index in [1.807, 2.05) is 23.7 Å². The number of aromatic nitrogens is 2. The van der Waals surface area contributed by atoms with Gasteiger partial charge in [-0.3, -0.25) is 14.9 Å². The molecular formula is C27H22F3N3O4S. The summed E-state index contributed by atoms with van der Waals surface area (Å²) < 4.78 is 51.0. The first-order valence-electron chi connectivity index (χ1n) is 11.6. The fourth-order valence-electron chi connectivity index (χ4n) is 4.12. The lowest BCUT2D eigenvalue weighted by molar-refractivity contribution is -0.137. The van der Waals surface area contributed by atoms with E-state index in [0.29, 0.717) is 29.5 Å². The number of benzene rings is 3. The van der Waals surface area contributed by atoms with E-state index in [9.17, 15) is 22.8 Å². The molecule has 196 valence electrons. The Hall–Kier alpha value is -3.99. The third kappa shape index (κ3) is 5.33. The molecule has 5 rings (SSSR count). The Morgan fingerprint density at radius 2 is 1.63 bits per heavy atom. The molecule has 2 amide bonds. The molecule has 1 N–H and O–H groups in total. The number of carbonyl (C=O) groups is 2. The Kier molecular flexibility index (Phi) is 6.56. The lowest BCUT2D eigenvalue weighted by Crippen LogP contribution is -2.35. The molecule has 0 radical (unpaired) electrons. The average Bonchev–Trinajstić information content (AvgIpc) is 3.31. The van der Waals surface area contributed by atoms with Gasteiger partial charge in [0.25, 0.3) is 5.24 Å². The van der Waals surface area contributed by atoms with Gasteiger partial charge in [-0.05, 0) is 79.2 Å². The van der Waals surface area contributed by atoms with Crippen LogP contribution in [-0.2, 0) is 31.0 Å². The topological polar surface area (TPSA) is 82.5 Å². The molecule has 0 bridgehead atoms. The molecule has 3 aromatic carbocycles. The molecule has 1 aliphatic rings.